The van der Waals surface area contributed by atoms with Gasteiger partial charge in [0.05, 0.1) is 10.0 Å². The highest BCUT2D eigenvalue weighted by Gasteiger charge is 2.21. The van der Waals surface area contributed by atoms with E-state index < -0.39 is 6.04 Å². The highest BCUT2D eigenvalue weighted by Crippen LogP contribution is 2.25. The first-order valence-corrected chi connectivity index (χ1v) is 9.77. The minimum atomic E-state index is -0.644. The number of thioether (sulfide) groups is 1. The van der Waals surface area contributed by atoms with Gasteiger partial charge in [0.25, 0.3) is 5.91 Å². The molecule has 0 unspecified atom stereocenters. The van der Waals surface area contributed by atoms with Crippen molar-refractivity contribution in [1.82, 2.24) is 5.32 Å². The first-order valence-electron chi connectivity index (χ1n) is 7.62. The summed E-state index contributed by atoms with van der Waals surface area (Å²) in [6.45, 7) is 0. The van der Waals surface area contributed by atoms with Crippen LogP contribution in [-0.2, 0) is 4.79 Å². The maximum Gasteiger partial charge on any atom is 0.251 e. The molecule has 0 spiro atoms. The van der Waals surface area contributed by atoms with Crippen LogP contribution in [0.15, 0.2) is 48.5 Å². The number of hydrogen-bond donors (Lipinski definition) is 2. The molecule has 4 nitrogen and oxygen atoms in total. The molecule has 25 heavy (non-hydrogen) atoms. The highest BCUT2D eigenvalue weighted by molar-refractivity contribution is 7.98. The summed E-state index contributed by atoms with van der Waals surface area (Å²) in [5, 5.41) is 6.33. The maximum atomic E-state index is 12.6. The van der Waals surface area contributed by atoms with Crippen LogP contribution >= 0.6 is 35.0 Å². The van der Waals surface area contributed by atoms with Crippen LogP contribution in [0.2, 0.25) is 10.0 Å². The number of rotatable bonds is 7. The quantitative estimate of drug-likeness (QED) is 0.724. The van der Waals surface area contributed by atoms with E-state index in [1.165, 1.54) is 0 Å². The van der Waals surface area contributed by atoms with Crippen LogP contribution in [-0.4, -0.2) is 29.9 Å². The Bertz CT molecular complexity index is 741. The number of carbonyl (C=O) groups excluding carboxylic acids is 2. The number of hydrogen-bond acceptors (Lipinski definition) is 3. The van der Waals surface area contributed by atoms with Crippen LogP contribution in [0.3, 0.4) is 0 Å². The molecular weight excluding hydrogens is 379 g/mol. The van der Waals surface area contributed by atoms with E-state index >= 15 is 0 Å². The number of carbonyl (C=O) groups is 2. The molecule has 2 aromatic rings. The topological polar surface area (TPSA) is 58.2 Å². The van der Waals surface area contributed by atoms with E-state index in [0.717, 1.165) is 5.75 Å². The standard InChI is InChI=1S/C18H18Cl2N2O2S/c1-25-10-9-16(22-17(23)12-5-3-2-4-6-12)18(24)21-13-7-8-14(19)15(20)11-13/h2-8,11,16H,9-10H2,1H3,(H,21,24)(H,22,23)/t16-/m0/s1. The van der Waals surface area contributed by atoms with Crippen molar-refractivity contribution in [3.63, 3.8) is 0 Å². The van der Waals surface area contributed by atoms with Gasteiger partial charge in [0.2, 0.25) is 5.91 Å². The summed E-state index contributed by atoms with van der Waals surface area (Å²) in [7, 11) is 0. The molecule has 0 radical (unpaired) electrons. The summed E-state index contributed by atoms with van der Waals surface area (Å²) < 4.78 is 0. The van der Waals surface area contributed by atoms with Crippen molar-refractivity contribution in [3.05, 3.63) is 64.1 Å². The monoisotopic (exact) mass is 396 g/mol. The number of anilines is 1. The van der Waals surface area contributed by atoms with Gasteiger partial charge in [-0.05, 0) is 48.8 Å². The zero-order valence-corrected chi connectivity index (χ0v) is 15.9. The molecule has 0 heterocycles. The Morgan fingerprint density at radius 2 is 1.80 bits per heavy atom. The normalized spacial score (nSPS) is 11.6. The van der Waals surface area contributed by atoms with Crippen molar-refractivity contribution < 1.29 is 9.59 Å². The van der Waals surface area contributed by atoms with Crippen LogP contribution in [0.25, 0.3) is 0 Å². The summed E-state index contributed by atoms with van der Waals surface area (Å²) in [5.74, 6) is 0.168. The van der Waals surface area contributed by atoms with Crippen molar-refractivity contribution in [3.8, 4) is 0 Å². The van der Waals surface area contributed by atoms with Crippen LogP contribution in [0, 0.1) is 0 Å². The minimum Gasteiger partial charge on any atom is -0.340 e. The van der Waals surface area contributed by atoms with Gasteiger partial charge < -0.3 is 10.6 Å². The van der Waals surface area contributed by atoms with Gasteiger partial charge in [-0.25, -0.2) is 0 Å². The molecule has 2 rings (SSSR count). The summed E-state index contributed by atoms with van der Waals surface area (Å²) >= 11 is 13.5. The van der Waals surface area contributed by atoms with E-state index in [0.29, 0.717) is 27.7 Å². The Balaban J connectivity index is 2.08. The van der Waals surface area contributed by atoms with Gasteiger partial charge in [-0.3, -0.25) is 9.59 Å². The molecule has 0 aliphatic carbocycles. The summed E-state index contributed by atoms with van der Waals surface area (Å²) in [4.78, 5) is 24.9. The first-order chi connectivity index (χ1) is 12.0. The molecule has 0 saturated heterocycles. The minimum absolute atomic E-state index is 0.281. The molecule has 0 aliphatic rings. The van der Waals surface area contributed by atoms with E-state index in [-0.39, 0.29) is 11.8 Å². The average Bonchev–Trinajstić information content (AvgIpc) is 2.62. The molecule has 0 aromatic heterocycles. The average molecular weight is 397 g/mol. The van der Waals surface area contributed by atoms with Gasteiger partial charge in [-0.2, -0.15) is 11.8 Å². The summed E-state index contributed by atoms with van der Waals surface area (Å²) in [6.07, 6.45) is 2.47. The predicted molar refractivity (Wildman–Crippen MR) is 106 cm³/mol. The first kappa shape index (κ1) is 19.6. The Kier molecular flexibility index (Phi) is 7.62. The fraction of sp³-hybridized carbons (Fsp3) is 0.222. The van der Waals surface area contributed by atoms with E-state index in [4.69, 9.17) is 23.2 Å². The van der Waals surface area contributed by atoms with E-state index in [9.17, 15) is 9.59 Å². The van der Waals surface area contributed by atoms with Crippen molar-refractivity contribution in [2.75, 3.05) is 17.3 Å². The number of halogens is 2. The Morgan fingerprint density at radius 1 is 1.08 bits per heavy atom. The molecule has 2 aromatic carbocycles. The van der Waals surface area contributed by atoms with E-state index in [1.807, 2.05) is 12.3 Å². The lowest BCUT2D eigenvalue weighted by Crippen LogP contribution is -2.44. The molecule has 132 valence electrons. The van der Waals surface area contributed by atoms with Crippen molar-refractivity contribution in [2.45, 2.75) is 12.5 Å². The molecule has 1 atom stereocenters. The van der Waals surface area contributed by atoms with Crippen molar-refractivity contribution in [1.29, 1.82) is 0 Å². The van der Waals surface area contributed by atoms with Crippen molar-refractivity contribution >= 4 is 52.5 Å². The second-order valence-electron chi connectivity index (χ2n) is 5.29. The maximum absolute atomic E-state index is 12.6. The molecular formula is C18H18Cl2N2O2S. The Hall–Kier alpha value is -1.69. The van der Waals surface area contributed by atoms with Gasteiger partial charge in [0.1, 0.15) is 6.04 Å². The third-order valence-corrected chi connectivity index (χ3v) is 4.84. The lowest BCUT2D eigenvalue weighted by atomic mass is 10.1. The van der Waals surface area contributed by atoms with Crippen LogP contribution in [0.1, 0.15) is 16.8 Å². The molecule has 7 heteroatoms. The zero-order chi connectivity index (χ0) is 18.2. The Labute approximate surface area is 161 Å². The van der Waals surface area contributed by atoms with E-state index in [1.54, 1.807) is 54.2 Å². The number of amides is 2. The summed E-state index contributed by atoms with van der Waals surface area (Å²) in [6, 6.07) is 13.0. The smallest absolute Gasteiger partial charge is 0.251 e. The highest BCUT2D eigenvalue weighted by atomic mass is 35.5. The third-order valence-electron chi connectivity index (χ3n) is 3.46. The van der Waals surface area contributed by atoms with Gasteiger partial charge in [-0.15, -0.1) is 0 Å². The molecule has 2 amide bonds. The summed E-state index contributed by atoms with van der Waals surface area (Å²) in [5.41, 5.74) is 1.04. The molecule has 2 N–H and O–H groups in total. The number of nitrogens with one attached hydrogen (secondary N) is 2. The Morgan fingerprint density at radius 3 is 2.44 bits per heavy atom. The fourth-order valence-electron chi connectivity index (χ4n) is 2.14. The molecule has 0 fully saturated rings. The van der Waals surface area contributed by atoms with Crippen LogP contribution in [0.4, 0.5) is 5.69 Å². The lowest BCUT2D eigenvalue weighted by molar-refractivity contribution is -0.118. The van der Waals surface area contributed by atoms with Gasteiger partial charge in [0, 0.05) is 11.3 Å². The molecule has 0 aliphatic heterocycles. The molecule has 0 saturated carbocycles. The largest absolute Gasteiger partial charge is 0.340 e. The molecule has 0 bridgehead atoms. The van der Waals surface area contributed by atoms with Gasteiger partial charge in [0.15, 0.2) is 0 Å². The van der Waals surface area contributed by atoms with Gasteiger partial charge >= 0.3 is 0 Å². The SMILES string of the molecule is CSCC[C@H](NC(=O)c1ccccc1)C(=O)Nc1ccc(Cl)c(Cl)c1. The van der Waals surface area contributed by atoms with E-state index in [2.05, 4.69) is 10.6 Å². The van der Waals surface area contributed by atoms with Crippen molar-refractivity contribution in [2.24, 2.45) is 0 Å². The van der Waals surface area contributed by atoms with Crippen LogP contribution < -0.4 is 10.6 Å². The van der Waals surface area contributed by atoms with Crippen LogP contribution in [0.5, 0.6) is 0 Å². The third kappa shape index (κ3) is 5.96. The van der Waals surface area contributed by atoms with Gasteiger partial charge in [-0.1, -0.05) is 41.4 Å². The lowest BCUT2D eigenvalue weighted by Gasteiger charge is -2.18. The predicted octanol–water partition coefficient (Wildman–Crippen LogP) is 4.48. The fourth-order valence-corrected chi connectivity index (χ4v) is 2.91. The zero-order valence-electron chi connectivity index (χ0n) is 13.6. The second kappa shape index (κ2) is 9.70. The number of benzene rings is 2. The second-order valence-corrected chi connectivity index (χ2v) is 7.09.